The summed E-state index contributed by atoms with van der Waals surface area (Å²) in [5.74, 6) is -0.337. The van der Waals surface area contributed by atoms with E-state index in [1.165, 1.54) is 5.56 Å². The van der Waals surface area contributed by atoms with Gasteiger partial charge in [-0.3, -0.25) is 4.79 Å². The molecule has 0 unspecified atom stereocenters. The molecule has 1 amide bonds. The van der Waals surface area contributed by atoms with Crippen molar-refractivity contribution in [2.45, 2.75) is 13.8 Å². The van der Waals surface area contributed by atoms with Gasteiger partial charge in [0.15, 0.2) is 0 Å². The van der Waals surface area contributed by atoms with Gasteiger partial charge in [-0.05, 0) is 47.5 Å². The topological polar surface area (TPSA) is 58.8 Å². The van der Waals surface area contributed by atoms with Crippen molar-refractivity contribution in [3.63, 3.8) is 0 Å². The van der Waals surface area contributed by atoms with E-state index in [-0.39, 0.29) is 5.91 Å². The third-order valence-corrected chi connectivity index (χ3v) is 3.91. The highest BCUT2D eigenvalue weighted by atomic mass is 79.9. The first-order chi connectivity index (χ1) is 11.0. The molecule has 6 heteroatoms. The third-order valence-electron chi connectivity index (χ3n) is 3.44. The second-order valence-corrected chi connectivity index (χ2v) is 6.16. The van der Waals surface area contributed by atoms with Crippen molar-refractivity contribution >= 4 is 33.2 Å². The first-order valence-corrected chi connectivity index (χ1v) is 7.88. The van der Waals surface area contributed by atoms with Crippen molar-refractivity contribution in [2.75, 3.05) is 0 Å². The zero-order valence-corrected chi connectivity index (χ0v) is 14.3. The first kappa shape index (κ1) is 15.4. The molecule has 0 aliphatic heterocycles. The molecular formula is C17H15BrN4O. The van der Waals surface area contributed by atoms with E-state index in [2.05, 4.69) is 31.4 Å². The molecule has 23 heavy (non-hydrogen) atoms. The smallest absolute Gasteiger partial charge is 0.291 e. The Labute approximate surface area is 142 Å². The number of rotatable bonds is 3. The predicted octanol–water partition coefficient (Wildman–Crippen LogP) is 3.56. The number of benzene rings is 1. The van der Waals surface area contributed by atoms with Crippen LogP contribution in [0.15, 0.2) is 58.4 Å². The van der Waals surface area contributed by atoms with E-state index in [0.29, 0.717) is 11.3 Å². The molecule has 0 atom stereocenters. The zero-order chi connectivity index (χ0) is 16.4. The van der Waals surface area contributed by atoms with Gasteiger partial charge in [0, 0.05) is 16.9 Å². The Kier molecular flexibility index (Phi) is 4.25. The van der Waals surface area contributed by atoms with Crippen molar-refractivity contribution in [3.8, 4) is 0 Å². The number of hydrogen-bond donors (Lipinski definition) is 1. The Morgan fingerprint density at radius 2 is 1.91 bits per heavy atom. The summed E-state index contributed by atoms with van der Waals surface area (Å²) in [7, 11) is 0. The lowest BCUT2D eigenvalue weighted by atomic mass is 10.1. The fourth-order valence-electron chi connectivity index (χ4n) is 2.13. The highest BCUT2D eigenvalue weighted by Crippen LogP contribution is 2.12. The van der Waals surface area contributed by atoms with Crippen LogP contribution < -0.4 is 5.43 Å². The molecule has 0 bridgehead atoms. The van der Waals surface area contributed by atoms with Crippen LogP contribution in [-0.2, 0) is 0 Å². The summed E-state index contributed by atoms with van der Waals surface area (Å²) in [5, 5.41) is 4.15. The van der Waals surface area contributed by atoms with Crippen LogP contribution in [0, 0.1) is 6.92 Å². The van der Waals surface area contributed by atoms with E-state index in [9.17, 15) is 4.79 Å². The van der Waals surface area contributed by atoms with Crippen molar-refractivity contribution in [3.05, 3.63) is 70.1 Å². The molecule has 0 aliphatic rings. The molecule has 116 valence electrons. The SMILES string of the molecule is C/C(=N/NC(=O)c1cn2cc(Br)ccc2n1)c1ccc(C)cc1. The number of hydrogen-bond acceptors (Lipinski definition) is 3. The van der Waals surface area contributed by atoms with Crippen LogP contribution in [0.5, 0.6) is 0 Å². The van der Waals surface area contributed by atoms with Crippen LogP contribution in [-0.4, -0.2) is 21.0 Å². The highest BCUT2D eigenvalue weighted by Gasteiger charge is 2.10. The largest absolute Gasteiger partial charge is 0.305 e. The van der Waals surface area contributed by atoms with Gasteiger partial charge in [0.2, 0.25) is 0 Å². The van der Waals surface area contributed by atoms with Crippen LogP contribution >= 0.6 is 15.9 Å². The molecule has 3 rings (SSSR count). The van der Waals surface area contributed by atoms with Gasteiger partial charge in [-0.1, -0.05) is 29.8 Å². The molecular weight excluding hydrogens is 356 g/mol. The van der Waals surface area contributed by atoms with E-state index < -0.39 is 0 Å². The van der Waals surface area contributed by atoms with Gasteiger partial charge in [-0.15, -0.1) is 0 Å². The van der Waals surface area contributed by atoms with Crippen molar-refractivity contribution in [2.24, 2.45) is 5.10 Å². The fraction of sp³-hybridized carbons (Fsp3) is 0.118. The minimum atomic E-state index is -0.337. The van der Waals surface area contributed by atoms with Gasteiger partial charge in [0.25, 0.3) is 5.91 Å². The van der Waals surface area contributed by atoms with Crippen LogP contribution in [0.1, 0.15) is 28.5 Å². The number of carbonyl (C=O) groups excluding carboxylic acids is 1. The normalized spacial score (nSPS) is 11.7. The number of nitrogens with zero attached hydrogens (tertiary/aromatic N) is 3. The quantitative estimate of drug-likeness (QED) is 0.565. The molecule has 5 nitrogen and oxygen atoms in total. The molecule has 1 N–H and O–H groups in total. The lowest BCUT2D eigenvalue weighted by Crippen LogP contribution is -2.19. The van der Waals surface area contributed by atoms with E-state index >= 15 is 0 Å². The Morgan fingerprint density at radius 3 is 2.65 bits per heavy atom. The average molecular weight is 371 g/mol. The van der Waals surface area contributed by atoms with E-state index in [1.807, 2.05) is 56.4 Å². The van der Waals surface area contributed by atoms with Gasteiger partial charge in [-0.25, -0.2) is 10.4 Å². The minimum absolute atomic E-state index is 0.323. The lowest BCUT2D eigenvalue weighted by Gasteiger charge is -2.02. The highest BCUT2D eigenvalue weighted by molar-refractivity contribution is 9.10. The molecule has 0 aliphatic carbocycles. The molecule has 0 spiro atoms. The van der Waals surface area contributed by atoms with Crippen LogP contribution in [0.4, 0.5) is 0 Å². The summed E-state index contributed by atoms with van der Waals surface area (Å²) in [6.45, 7) is 3.88. The first-order valence-electron chi connectivity index (χ1n) is 7.09. The maximum Gasteiger partial charge on any atom is 0.291 e. The number of aromatic nitrogens is 2. The number of carbonyl (C=O) groups is 1. The summed E-state index contributed by atoms with van der Waals surface area (Å²) in [5.41, 5.74) is 6.47. The van der Waals surface area contributed by atoms with Crippen molar-refractivity contribution < 1.29 is 4.79 Å². The number of halogens is 1. The van der Waals surface area contributed by atoms with Gasteiger partial charge in [0.05, 0.1) is 5.71 Å². The number of pyridine rings is 1. The Balaban J connectivity index is 1.77. The third kappa shape index (κ3) is 3.48. The maximum atomic E-state index is 12.2. The van der Waals surface area contributed by atoms with E-state index in [0.717, 1.165) is 15.7 Å². The molecule has 2 heterocycles. The monoisotopic (exact) mass is 370 g/mol. The van der Waals surface area contributed by atoms with Crippen molar-refractivity contribution in [1.29, 1.82) is 0 Å². The number of imidazole rings is 1. The summed E-state index contributed by atoms with van der Waals surface area (Å²) in [4.78, 5) is 16.5. The Morgan fingerprint density at radius 1 is 1.17 bits per heavy atom. The summed E-state index contributed by atoms with van der Waals surface area (Å²) in [6.07, 6.45) is 3.52. The van der Waals surface area contributed by atoms with Crippen LogP contribution in [0.3, 0.4) is 0 Å². The van der Waals surface area contributed by atoms with E-state index in [4.69, 9.17) is 0 Å². The number of nitrogens with one attached hydrogen (secondary N) is 1. The summed E-state index contributed by atoms with van der Waals surface area (Å²) >= 11 is 3.39. The maximum absolute atomic E-state index is 12.2. The van der Waals surface area contributed by atoms with Gasteiger partial charge < -0.3 is 4.40 Å². The second-order valence-electron chi connectivity index (χ2n) is 5.24. The molecule has 2 aromatic heterocycles. The predicted molar refractivity (Wildman–Crippen MR) is 93.7 cm³/mol. The number of aryl methyl sites for hydroxylation is 1. The molecule has 3 aromatic rings. The second kappa shape index (κ2) is 6.34. The molecule has 1 aromatic carbocycles. The van der Waals surface area contributed by atoms with Crippen LogP contribution in [0.25, 0.3) is 5.65 Å². The minimum Gasteiger partial charge on any atom is -0.305 e. The van der Waals surface area contributed by atoms with E-state index in [1.54, 1.807) is 10.6 Å². The standard InChI is InChI=1S/C17H15BrN4O/c1-11-3-5-13(6-4-11)12(2)20-21-17(23)15-10-22-9-14(18)7-8-16(22)19-15/h3-10H,1-2H3,(H,21,23)/b20-12-. The number of hydrazone groups is 1. The van der Waals surface area contributed by atoms with Gasteiger partial charge in [0.1, 0.15) is 11.3 Å². The molecule has 0 radical (unpaired) electrons. The van der Waals surface area contributed by atoms with Gasteiger partial charge in [-0.2, -0.15) is 5.10 Å². The van der Waals surface area contributed by atoms with Crippen molar-refractivity contribution in [1.82, 2.24) is 14.8 Å². The summed E-state index contributed by atoms with van der Waals surface area (Å²) < 4.78 is 2.71. The van der Waals surface area contributed by atoms with Gasteiger partial charge >= 0.3 is 0 Å². The molecule has 0 fully saturated rings. The fourth-order valence-corrected chi connectivity index (χ4v) is 2.48. The number of amides is 1. The number of fused-ring (bicyclic) bond motifs is 1. The Bertz CT molecular complexity index is 897. The molecule has 0 saturated carbocycles. The molecule has 0 saturated heterocycles. The zero-order valence-electron chi connectivity index (χ0n) is 12.7. The summed E-state index contributed by atoms with van der Waals surface area (Å²) in [6, 6.07) is 11.7. The Hall–Kier alpha value is -2.47. The van der Waals surface area contributed by atoms with Crippen LogP contribution in [0.2, 0.25) is 0 Å². The average Bonchev–Trinajstić information content (AvgIpc) is 2.96. The lowest BCUT2D eigenvalue weighted by molar-refractivity contribution is 0.0950.